The number of guanidine groups is 1. The number of fused-ring (bicyclic) bond motifs is 1. The summed E-state index contributed by atoms with van der Waals surface area (Å²) < 4.78 is 0. The third-order valence-electron chi connectivity index (χ3n) is 5.48. The summed E-state index contributed by atoms with van der Waals surface area (Å²) in [5.74, 6) is 0.688. The van der Waals surface area contributed by atoms with Crippen LogP contribution in [-0.4, -0.2) is 28.9 Å². The lowest BCUT2D eigenvalue weighted by Crippen LogP contribution is -2.33. The fraction of sp³-hybridized carbons (Fsp3) is 0.333. The highest BCUT2D eigenvalue weighted by Crippen LogP contribution is 2.40. The van der Waals surface area contributed by atoms with Crippen LogP contribution in [0.15, 0.2) is 29.3 Å². The Labute approximate surface area is 175 Å². The predicted molar refractivity (Wildman–Crippen MR) is 115 cm³/mol. The molecule has 0 radical (unpaired) electrons. The van der Waals surface area contributed by atoms with Gasteiger partial charge in [0.2, 0.25) is 5.96 Å². The van der Waals surface area contributed by atoms with Crippen molar-refractivity contribution >= 4 is 23.3 Å². The molecule has 0 aliphatic carbocycles. The number of hydrogen-bond donors (Lipinski definition) is 4. The number of nitriles is 2. The minimum atomic E-state index is -0.515. The van der Waals surface area contributed by atoms with Crippen LogP contribution in [0.4, 0.5) is 17.3 Å². The maximum Gasteiger partial charge on any atom is 0.211 e. The number of likely N-dealkylation sites (tertiary alicyclic amines) is 1. The quantitative estimate of drug-likeness (QED) is 0.450. The van der Waals surface area contributed by atoms with Gasteiger partial charge in [0.1, 0.15) is 29.3 Å². The number of aromatic nitrogens is 1. The van der Waals surface area contributed by atoms with Gasteiger partial charge in [-0.05, 0) is 37.1 Å². The van der Waals surface area contributed by atoms with E-state index in [9.17, 15) is 5.26 Å². The zero-order chi connectivity index (χ0) is 21.1. The summed E-state index contributed by atoms with van der Waals surface area (Å²) >= 11 is 0. The molecule has 2 aliphatic rings. The van der Waals surface area contributed by atoms with Crippen molar-refractivity contribution in [3.63, 3.8) is 0 Å². The van der Waals surface area contributed by atoms with Crippen LogP contribution in [0.2, 0.25) is 0 Å². The van der Waals surface area contributed by atoms with Gasteiger partial charge in [0.15, 0.2) is 6.19 Å². The van der Waals surface area contributed by atoms with E-state index in [1.165, 1.54) is 24.8 Å². The Morgan fingerprint density at radius 1 is 1.20 bits per heavy atom. The molecule has 3 heterocycles. The summed E-state index contributed by atoms with van der Waals surface area (Å²) in [7, 11) is 0. The molecule has 0 spiro atoms. The van der Waals surface area contributed by atoms with E-state index in [2.05, 4.69) is 37.6 Å². The highest BCUT2D eigenvalue weighted by atomic mass is 15.2. The van der Waals surface area contributed by atoms with E-state index < -0.39 is 6.04 Å². The first-order chi connectivity index (χ1) is 14.6. The number of aliphatic imine (C=N–C) groups is 1. The third-order valence-corrected chi connectivity index (χ3v) is 5.48. The fourth-order valence-electron chi connectivity index (χ4n) is 4.06. The Hall–Kier alpha value is -3.82. The second-order valence-corrected chi connectivity index (χ2v) is 7.48. The van der Waals surface area contributed by atoms with Gasteiger partial charge in [-0.3, -0.25) is 10.2 Å². The number of nitrogens with one attached hydrogen (secondary N) is 2. The lowest BCUT2D eigenvalue weighted by atomic mass is 9.94. The molecule has 30 heavy (non-hydrogen) atoms. The van der Waals surface area contributed by atoms with Gasteiger partial charge < -0.3 is 16.8 Å². The molecule has 2 aliphatic heterocycles. The first-order valence-corrected chi connectivity index (χ1v) is 9.90. The molecule has 152 valence electrons. The van der Waals surface area contributed by atoms with Crippen molar-refractivity contribution in [2.45, 2.75) is 31.8 Å². The van der Waals surface area contributed by atoms with Crippen LogP contribution in [0.5, 0.6) is 0 Å². The molecule has 0 amide bonds. The third kappa shape index (κ3) is 3.71. The Balaban J connectivity index is 1.75. The second-order valence-electron chi connectivity index (χ2n) is 7.48. The van der Waals surface area contributed by atoms with E-state index in [1.807, 2.05) is 24.4 Å². The molecule has 4 rings (SSSR count). The molecule has 0 bridgehead atoms. The van der Waals surface area contributed by atoms with Crippen molar-refractivity contribution in [1.82, 2.24) is 15.2 Å². The van der Waals surface area contributed by atoms with Gasteiger partial charge in [-0.15, -0.1) is 0 Å². The SMILES string of the molecule is N#CNC1=NC(c2cccc(CN3CCCCC3)c2)c2c(nc(N)c(C#N)c2N)N1. The Bertz CT molecular complexity index is 1070. The number of nitrogens with two attached hydrogens (primary N) is 2. The van der Waals surface area contributed by atoms with Crippen molar-refractivity contribution in [2.24, 2.45) is 4.99 Å². The monoisotopic (exact) mass is 401 g/mol. The zero-order valence-electron chi connectivity index (χ0n) is 16.5. The average Bonchev–Trinajstić information content (AvgIpc) is 2.74. The van der Waals surface area contributed by atoms with Crippen LogP contribution in [0.1, 0.15) is 47.6 Å². The van der Waals surface area contributed by atoms with Gasteiger partial charge in [0.05, 0.1) is 5.69 Å². The highest BCUT2D eigenvalue weighted by Gasteiger charge is 2.29. The van der Waals surface area contributed by atoms with Gasteiger partial charge in [-0.2, -0.15) is 10.5 Å². The molecule has 1 atom stereocenters. The smallest absolute Gasteiger partial charge is 0.211 e. The molecule has 9 nitrogen and oxygen atoms in total. The van der Waals surface area contributed by atoms with E-state index >= 15 is 0 Å². The van der Waals surface area contributed by atoms with Crippen LogP contribution >= 0.6 is 0 Å². The standard InChI is InChI=1S/C21H23N9/c22-10-15-17(24)16-18(27-21(26-12-23)29-20(16)28-19(15)25)14-6-4-5-13(9-14)11-30-7-2-1-3-8-30/h4-6,9,18H,1-3,7-8,11H2,(H6,24,25,26,27,28,29). The molecular formula is C21H23N9. The van der Waals surface area contributed by atoms with E-state index in [4.69, 9.17) is 16.7 Å². The first kappa shape index (κ1) is 19.5. The number of hydrogen-bond acceptors (Lipinski definition) is 9. The minimum absolute atomic E-state index is 0.0389. The number of nitrogen functional groups attached to an aromatic ring is 2. The van der Waals surface area contributed by atoms with Crippen molar-refractivity contribution in [3.8, 4) is 12.3 Å². The maximum atomic E-state index is 9.45. The van der Waals surface area contributed by atoms with E-state index in [0.29, 0.717) is 11.4 Å². The Kier molecular flexibility index (Phi) is 5.38. The van der Waals surface area contributed by atoms with Gasteiger partial charge in [0.25, 0.3) is 0 Å². The second kappa shape index (κ2) is 8.27. The predicted octanol–water partition coefficient (Wildman–Crippen LogP) is 2.05. The maximum absolute atomic E-state index is 9.45. The highest BCUT2D eigenvalue weighted by molar-refractivity contribution is 5.98. The number of benzene rings is 1. The summed E-state index contributed by atoms with van der Waals surface area (Å²) in [4.78, 5) is 11.4. The lowest BCUT2D eigenvalue weighted by Gasteiger charge is -2.28. The number of anilines is 3. The van der Waals surface area contributed by atoms with Crippen LogP contribution in [0.25, 0.3) is 0 Å². The molecule has 1 fully saturated rings. The van der Waals surface area contributed by atoms with Crippen molar-refractivity contribution < 1.29 is 0 Å². The van der Waals surface area contributed by atoms with Gasteiger partial charge in [0, 0.05) is 12.1 Å². The largest absolute Gasteiger partial charge is 0.397 e. The van der Waals surface area contributed by atoms with Crippen molar-refractivity contribution in [2.75, 3.05) is 29.9 Å². The molecule has 0 saturated carbocycles. The number of piperidine rings is 1. The van der Waals surface area contributed by atoms with E-state index in [1.54, 1.807) is 0 Å². The number of rotatable bonds is 3. The number of nitrogens with zero attached hydrogens (tertiary/aromatic N) is 5. The van der Waals surface area contributed by atoms with Crippen LogP contribution in [0, 0.1) is 22.8 Å². The topological polar surface area (TPSA) is 152 Å². The molecule has 1 aromatic heterocycles. The average molecular weight is 401 g/mol. The number of pyridine rings is 1. The molecule has 1 unspecified atom stereocenters. The van der Waals surface area contributed by atoms with Gasteiger partial charge in [-0.1, -0.05) is 30.7 Å². The Morgan fingerprint density at radius 3 is 2.73 bits per heavy atom. The van der Waals surface area contributed by atoms with Crippen LogP contribution in [-0.2, 0) is 6.54 Å². The van der Waals surface area contributed by atoms with E-state index in [0.717, 1.165) is 25.2 Å². The molecular weight excluding hydrogens is 378 g/mol. The summed E-state index contributed by atoms with van der Waals surface area (Å²) in [6.07, 6.45) is 5.62. The normalized spacial score (nSPS) is 18.3. The van der Waals surface area contributed by atoms with Gasteiger partial charge in [-0.25, -0.2) is 9.98 Å². The minimum Gasteiger partial charge on any atom is -0.397 e. The molecule has 6 N–H and O–H groups in total. The lowest BCUT2D eigenvalue weighted by molar-refractivity contribution is 0.221. The van der Waals surface area contributed by atoms with E-state index in [-0.39, 0.29) is 23.0 Å². The van der Waals surface area contributed by atoms with Crippen LogP contribution in [0.3, 0.4) is 0 Å². The first-order valence-electron chi connectivity index (χ1n) is 9.90. The molecule has 1 aromatic carbocycles. The molecule has 9 heteroatoms. The zero-order valence-corrected chi connectivity index (χ0v) is 16.5. The Morgan fingerprint density at radius 2 is 2.00 bits per heavy atom. The summed E-state index contributed by atoms with van der Waals surface area (Å²) in [5.41, 5.74) is 15.3. The molecule has 1 saturated heterocycles. The van der Waals surface area contributed by atoms with Crippen molar-refractivity contribution in [1.29, 1.82) is 10.5 Å². The van der Waals surface area contributed by atoms with Crippen molar-refractivity contribution in [3.05, 3.63) is 46.5 Å². The summed E-state index contributed by atoms with van der Waals surface area (Å²) in [6.45, 7) is 3.09. The molecule has 2 aromatic rings. The van der Waals surface area contributed by atoms with Gasteiger partial charge >= 0.3 is 0 Å². The summed E-state index contributed by atoms with van der Waals surface area (Å²) in [6, 6.07) is 9.67. The fourth-order valence-corrected chi connectivity index (χ4v) is 4.06. The summed E-state index contributed by atoms with van der Waals surface area (Å²) in [5, 5.41) is 24.0. The van der Waals surface area contributed by atoms with Crippen LogP contribution < -0.4 is 22.1 Å².